The van der Waals surface area contributed by atoms with Gasteiger partial charge in [-0.25, -0.2) is 18.1 Å². The van der Waals surface area contributed by atoms with Crippen molar-refractivity contribution in [1.29, 1.82) is 0 Å². The average Bonchev–Trinajstić information content (AvgIpc) is 2.38. The fourth-order valence-electron chi connectivity index (χ4n) is 1.58. The number of hydrogen-bond donors (Lipinski definition) is 2. The Hall–Kier alpha value is -1.92. The molecule has 1 aromatic heterocycles. The normalized spacial score (nSPS) is 11.4. The molecule has 0 unspecified atom stereocenters. The number of benzene rings is 1. The number of rotatable bonds is 4. The molecule has 0 aliphatic rings. The van der Waals surface area contributed by atoms with Gasteiger partial charge in [-0.3, -0.25) is 0 Å². The molecule has 0 saturated heterocycles. The maximum absolute atomic E-state index is 12.0. The largest absolute Gasteiger partial charge is 0.396 e. The minimum atomic E-state index is -3.69. The van der Waals surface area contributed by atoms with Crippen LogP contribution in [-0.2, 0) is 16.6 Å². The summed E-state index contributed by atoms with van der Waals surface area (Å²) in [6, 6.07) is 10.7. The fourth-order valence-corrected chi connectivity index (χ4v) is 2.65. The Kier molecular flexibility index (Phi) is 3.82. The summed E-state index contributed by atoms with van der Waals surface area (Å²) in [4.78, 5) is 3.80. The zero-order valence-corrected chi connectivity index (χ0v) is 11.3. The molecule has 1 aromatic carbocycles. The predicted octanol–water partition coefficient (Wildman–Crippen LogP) is 1.45. The van der Waals surface area contributed by atoms with Crippen LogP contribution < -0.4 is 10.5 Å². The average molecular weight is 277 g/mol. The van der Waals surface area contributed by atoms with E-state index in [4.69, 9.17) is 5.73 Å². The van der Waals surface area contributed by atoms with Crippen molar-refractivity contribution in [3.8, 4) is 0 Å². The van der Waals surface area contributed by atoms with Gasteiger partial charge in [0.1, 0.15) is 0 Å². The minimum absolute atomic E-state index is 0.137. The van der Waals surface area contributed by atoms with Gasteiger partial charge in [0.2, 0.25) is 0 Å². The van der Waals surface area contributed by atoms with E-state index >= 15 is 0 Å². The van der Waals surface area contributed by atoms with E-state index in [0.717, 1.165) is 11.1 Å². The van der Waals surface area contributed by atoms with Gasteiger partial charge in [-0.15, -0.1) is 0 Å². The first-order valence-electron chi connectivity index (χ1n) is 5.75. The lowest BCUT2D eigenvalue weighted by Crippen LogP contribution is -2.25. The molecule has 19 heavy (non-hydrogen) atoms. The van der Waals surface area contributed by atoms with Gasteiger partial charge in [0.15, 0.2) is 5.03 Å². The van der Waals surface area contributed by atoms with Gasteiger partial charge in [0.25, 0.3) is 10.0 Å². The number of nitrogens with one attached hydrogen (secondary N) is 1. The monoisotopic (exact) mass is 277 g/mol. The van der Waals surface area contributed by atoms with Crippen molar-refractivity contribution < 1.29 is 8.42 Å². The van der Waals surface area contributed by atoms with Crippen molar-refractivity contribution in [2.75, 3.05) is 5.73 Å². The molecule has 2 rings (SSSR count). The zero-order chi connectivity index (χ0) is 13.9. The fraction of sp³-hybridized carbons (Fsp3) is 0.154. The highest BCUT2D eigenvalue weighted by Crippen LogP contribution is 2.14. The molecule has 0 aliphatic carbocycles. The molecule has 0 fully saturated rings. The molecule has 2 aromatic rings. The van der Waals surface area contributed by atoms with Gasteiger partial charge >= 0.3 is 0 Å². The van der Waals surface area contributed by atoms with Gasteiger partial charge in [-0.1, -0.05) is 29.8 Å². The number of nitrogens with two attached hydrogens (primary N) is 1. The highest BCUT2D eigenvalue weighted by atomic mass is 32.2. The smallest absolute Gasteiger partial charge is 0.260 e. The number of aryl methyl sites for hydroxylation is 1. The minimum Gasteiger partial charge on any atom is -0.396 e. The molecule has 1 heterocycles. The van der Waals surface area contributed by atoms with Crippen LogP contribution in [0, 0.1) is 6.92 Å². The van der Waals surface area contributed by atoms with Crippen LogP contribution in [0.5, 0.6) is 0 Å². The first kappa shape index (κ1) is 13.5. The first-order chi connectivity index (χ1) is 8.99. The zero-order valence-electron chi connectivity index (χ0n) is 10.5. The molecular weight excluding hydrogens is 262 g/mol. The summed E-state index contributed by atoms with van der Waals surface area (Å²) in [5.74, 6) is 0. The number of sulfonamides is 1. The highest BCUT2D eigenvalue weighted by Gasteiger charge is 2.18. The van der Waals surface area contributed by atoms with Gasteiger partial charge in [-0.2, -0.15) is 0 Å². The Morgan fingerprint density at radius 1 is 1.21 bits per heavy atom. The summed E-state index contributed by atoms with van der Waals surface area (Å²) in [5.41, 5.74) is 7.76. The van der Waals surface area contributed by atoms with Crippen LogP contribution in [0.2, 0.25) is 0 Å². The first-order valence-corrected chi connectivity index (χ1v) is 7.23. The maximum Gasteiger partial charge on any atom is 0.260 e. The summed E-state index contributed by atoms with van der Waals surface area (Å²) in [6.07, 6.45) is 1.40. The van der Waals surface area contributed by atoms with Crippen molar-refractivity contribution in [3.63, 3.8) is 0 Å². The quantitative estimate of drug-likeness (QED) is 0.885. The van der Waals surface area contributed by atoms with E-state index in [1.807, 2.05) is 31.2 Å². The third-order valence-electron chi connectivity index (χ3n) is 2.64. The van der Waals surface area contributed by atoms with Crippen LogP contribution in [0.25, 0.3) is 0 Å². The molecule has 0 atom stereocenters. The van der Waals surface area contributed by atoms with E-state index in [-0.39, 0.29) is 17.3 Å². The molecular formula is C13H15N3O2S. The molecule has 0 saturated carbocycles. The van der Waals surface area contributed by atoms with Crippen LogP contribution in [-0.4, -0.2) is 13.4 Å². The molecule has 100 valence electrons. The summed E-state index contributed by atoms with van der Waals surface area (Å²) in [7, 11) is -3.69. The van der Waals surface area contributed by atoms with Gasteiger partial charge in [0, 0.05) is 12.7 Å². The topological polar surface area (TPSA) is 85.1 Å². The number of aromatic nitrogens is 1. The van der Waals surface area contributed by atoms with E-state index < -0.39 is 10.0 Å². The molecule has 0 spiro atoms. The molecule has 3 N–H and O–H groups in total. The Labute approximate surface area is 112 Å². The molecule has 0 radical (unpaired) electrons. The van der Waals surface area contributed by atoms with Crippen LogP contribution in [0.3, 0.4) is 0 Å². The standard InChI is InChI=1S/C13H15N3O2S/c1-10-4-6-11(7-5-10)9-16-19(17,18)13-12(14)3-2-8-15-13/h2-8,16H,9,14H2,1H3. The number of hydrogen-bond acceptors (Lipinski definition) is 4. The lowest BCUT2D eigenvalue weighted by Gasteiger charge is -2.08. The Morgan fingerprint density at radius 3 is 2.53 bits per heavy atom. The third-order valence-corrected chi connectivity index (χ3v) is 4.02. The summed E-state index contributed by atoms with van der Waals surface area (Å²) >= 11 is 0. The lowest BCUT2D eigenvalue weighted by atomic mass is 10.2. The van der Waals surface area contributed by atoms with Crippen molar-refractivity contribution >= 4 is 15.7 Å². The van der Waals surface area contributed by atoms with Crippen LogP contribution in [0.4, 0.5) is 5.69 Å². The summed E-state index contributed by atoms with van der Waals surface area (Å²) < 4.78 is 26.6. The second-order valence-electron chi connectivity index (χ2n) is 4.21. The van der Waals surface area contributed by atoms with E-state index in [2.05, 4.69) is 9.71 Å². The molecule has 5 nitrogen and oxygen atoms in total. The van der Waals surface area contributed by atoms with Crippen molar-refractivity contribution in [1.82, 2.24) is 9.71 Å². The second-order valence-corrected chi connectivity index (χ2v) is 5.89. The van der Waals surface area contributed by atoms with E-state index in [0.29, 0.717) is 0 Å². The number of pyridine rings is 1. The molecule has 0 aliphatic heterocycles. The highest BCUT2D eigenvalue weighted by molar-refractivity contribution is 7.89. The summed E-state index contributed by atoms with van der Waals surface area (Å²) in [6.45, 7) is 2.18. The van der Waals surface area contributed by atoms with Crippen molar-refractivity contribution in [2.45, 2.75) is 18.5 Å². The Morgan fingerprint density at radius 2 is 1.89 bits per heavy atom. The van der Waals surface area contributed by atoms with Gasteiger partial charge < -0.3 is 5.73 Å². The maximum atomic E-state index is 12.0. The number of nitrogen functional groups attached to an aromatic ring is 1. The van der Waals surface area contributed by atoms with Crippen LogP contribution >= 0.6 is 0 Å². The molecule has 0 amide bonds. The SMILES string of the molecule is Cc1ccc(CNS(=O)(=O)c2ncccc2N)cc1. The third kappa shape index (κ3) is 3.30. The molecule has 0 bridgehead atoms. The Bertz CT molecular complexity index is 667. The Balaban J connectivity index is 2.14. The van der Waals surface area contributed by atoms with Crippen molar-refractivity contribution in [3.05, 3.63) is 53.7 Å². The van der Waals surface area contributed by atoms with E-state index in [1.54, 1.807) is 6.07 Å². The number of anilines is 1. The van der Waals surface area contributed by atoms with Crippen LogP contribution in [0.1, 0.15) is 11.1 Å². The van der Waals surface area contributed by atoms with Gasteiger partial charge in [-0.05, 0) is 24.6 Å². The van der Waals surface area contributed by atoms with E-state index in [9.17, 15) is 8.42 Å². The predicted molar refractivity (Wildman–Crippen MR) is 73.9 cm³/mol. The second kappa shape index (κ2) is 5.38. The van der Waals surface area contributed by atoms with Crippen molar-refractivity contribution in [2.24, 2.45) is 0 Å². The van der Waals surface area contributed by atoms with E-state index in [1.165, 1.54) is 12.3 Å². The number of nitrogens with zero attached hydrogens (tertiary/aromatic N) is 1. The van der Waals surface area contributed by atoms with Gasteiger partial charge in [0.05, 0.1) is 5.69 Å². The molecule has 6 heteroatoms. The lowest BCUT2D eigenvalue weighted by molar-refractivity contribution is 0.578. The summed E-state index contributed by atoms with van der Waals surface area (Å²) in [5, 5.41) is -0.137. The van der Waals surface area contributed by atoms with Crippen LogP contribution in [0.15, 0.2) is 47.6 Å².